The molecule has 0 unspecified atom stereocenters. The molecule has 0 spiro atoms. The van der Waals surface area contributed by atoms with Gasteiger partial charge in [0.25, 0.3) is 17.7 Å². The molecule has 1 aliphatic heterocycles. The molecule has 3 amide bonds. The van der Waals surface area contributed by atoms with Crippen LogP contribution in [0.25, 0.3) is 0 Å². The number of carbonyl (C=O) groups excluding carboxylic acids is 4. The van der Waals surface area contributed by atoms with Gasteiger partial charge in [0.2, 0.25) is 0 Å². The monoisotopic (exact) mass is 500 g/mol. The quantitative estimate of drug-likeness (QED) is 0.329. The molecule has 1 fully saturated rings. The number of ether oxygens (including phenoxy) is 1. The van der Waals surface area contributed by atoms with Gasteiger partial charge < -0.3 is 4.74 Å². The lowest BCUT2D eigenvalue weighted by Crippen LogP contribution is -2.52. The third kappa shape index (κ3) is 4.45. The first-order valence-corrected chi connectivity index (χ1v) is 11.4. The number of allylic oxidation sites excluding steroid dienone is 2. The third-order valence-electron chi connectivity index (χ3n) is 6.15. The number of amides is 3. The van der Waals surface area contributed by atoms with E-state index >= 15 is 0 Å². The van der Waals surface area contributed by atoms with E-state index < -0.39 is 41.9 Å². The molecule has 1 saturated heterocycles. The van der Waals surface area contributed by atoms with Crippen LogP contribution < -0.4 is 4.74 Å². The predicted molar refractivity (Wildman–Crippen MR) is 127 cm³/mol. The number of Topliss-reactive ketones (excluding diaryl/α,β-unsaturated/α-hetero) is 1. The number of benzene rings is 2. The lowest BCUT2D eigenvalue weighted by molar-refractivity contribution is -0.154. The van der Waals surface area contributed by atoms with Gasteiger partial charge in [0.1, 0.15) is 12.3 Å². The minimum Gasteiger partial charge on any atom is -0.497 e. The smallest absolute Gasteiger partial charge is 0.273 e. The van der Waals surface area contributed by atoms with Crippen molar-refractivity contribution in [2.45, 2.75) is 19.8 Å². The van der Waals surface area contributed by atoms with E-state index in [1.54, 1.807) is 24.3 Å². The summed E-state index contributed by atoms with van der Waals surface area (Å²) in [7, 11) is 1.51. The maximum atomic E-state index is 13.5. The first kappa shape index (κ1) is 24.0. The molecule has 176 valence electrons. The van der Waals surface area contributed by atoms with Gasteiger partial charge in [-0.05, 0) is 62.2 Å². The van der Waals surface area contributed by atoms with Crippen molar-refractivity contribution in [1.29, 1.82) is 0 Å². The van der Waals surface area contributed by atoms with Crippen LogP contribution in [0.3, 0.4) is 0 Å². The van der Waals surface area contributed by atoms with Gasteiger partial charge >= 0.3 is 0 Å². The number of hydrogen-bond donors (Lipinski definition) is 0. The second-order valence-corrected chi connectivity index (χ2v) is 9.15. The minimum absolute atomic E-state index is 0.0988. The zero-order valence-corrected chi connectivity index (χ0v) is 20.1. The molecule has 4 rings (SSSR count). The summed E-state index contributed by atoms with van der Waals surface area (Å²) in [5.74, 6) is -2.68. The fourth-order valence-corrected chi connectivity index (χ4v) is 4.57. The predicted octanol–water partition coefficient (Wildman–Crippen LogP) is 4.58. The molecule has 9 heteroatoms. The van der Waals surface area contributed by atoms with Crippen LogP contribution in [0.5, 0.6) is 5.75 Å². The number of halogens is 2. The van der Waals surface area contributed by atoms with Crippen molar-refractivity contribution in [3.8, 4) is 5.75 Å². The summed E-state index contributed by atoms with van der Waals surface area (Å²) < 4.78 is 5.12. The first-order chi connectivity index (χ1) is 16.2. The Bertz CT molecular complexity index is 1210. The van der Waals surface area contributed by atoms with E-state index in [2.05, 4.69) is 0 Å². The standard InChI is InChI=1S/C25H22Cl2N2O5/c1-14-3-9-18-19(11-14)25(33)29(24(18)32)28(23(31)16-6-10-20(26)21(27)12-16)13-22(30)15-4-7-17(34-2)8-5-15/h3-8,10,12,18-19H,9,11,13H2,1-2H3/t18-,19-/m1/s1. The fraction of sp³-hybridized carbons (Fsp3) is 0.280. The van der Waals surface area contributed by atoms with Crippen LogP contribution >= 0.6 is 23.2 Å². The van der Waals surface area contributed by atoms with Gasteiger partial charge in [0.05, 0.1) is 29.0 Å². The molecule has 0 bridgehead atoms. The Labute approximate surface area is 206 Å². The van der Waals surface area contributed by atoms with E-state index in [0.717, 1.165) is 15.6 Å². The number of rotatable bonds is 6. The van der Waals surface area contributed by atoms with Crippen molar-refractivity contribution in [3.05, 3.63) is 75.3 Å². The molecule has 2 aromatic rings. The summed E-state index contributed by atoms with van der Waals surface area (Å²) in [6.07, 6.45) is 2.79. The molecule has 2 aromatic carbocycles. The van der Waals surface area contributed by atoms with Crippen molar-refractivity contribution in [1.82, 2.24) is 10.0 Å². The number of hydrazine groups is 1. The van der Waals surface area contributed by atoms with E-state index in [-0.39, 0.29) is 15.6 Å². The van der Waals surface area contributed by atoms with Crippen molar-refractivity contribution in [2.75, 3.05) is 13.7 Å². The maximum Gasteiger partial charge on any atom is 0.273 e. The van der Waals surface area contributed by atoms with Gasteiger partial charge in [0, 0.05) is 11.1 Å². The first-order valence-electron chi connectivity index (χ1n) is 10.7. The summed E-state index contributed by atoms with van der Waals surface area (Å²) in [5, 5.41) is 2.15. The Morgan fingerprint density at radius 2 is 1.65 bits per heavy atom. The zero-order valence-electron chi connectivity index (χ0n) is 18.6. The molecule has 1 heterocycles. The highest BCUT2D eigenvalue weighted by Gasteiger charge is 2.51. The van der Waals surface area contributed by atoms with E-state index in [1.807, 2.05) is 13.0 Å². The number of imide groups is 1. The SMILES string of the molecule is COc1ccc(C(=O)CN(C(=O)c2ccc(Cl)c(Cl)c2)N2C(=O)[C@@H]3CC=C(C)C[C@H]3C2=O)cc1. The van der Waals surface area contributed by atoms with Gasteiger partial charge in [-0.2, -0.15) is 5.01 Å². The van der Waals surface area contributed by atoms with E-state index in [1.165, 1.54) is 25.3 Å². The van der Waals surface area contributed by atoms with Crippen molar-refractivity contribution in [2.24, 2.45) is 11.8 Å². The normalized spacial score (nSPS) is 19.5. The van der Waals surface area contributed by atoms with Crippen LogP contribution in [-0.4, -0.2) is 47.2 Å². The molecule has 34 heavy (non-hydrogen) atoms. The molecule has 0 N–H and O–H groups in total. The van der Waals surface area contributed by atoms with Gasteiger partial charge in [0.15, 0.2) is 5.78 Å². The fourth-order valence-electron chi connectivity index (χ4n) is 4.27. The van der Waals surface area contributed by atoms with Crippen LogP contribution in [0, 0.1) is 11.8 Å². The zero-order chi connectivity index (χ0) is 24.6. The van der Waals surface area contributed by atoms with Crippen LogP contribution in [0.15, 0.2) is 54.1 Å². The number of methoxy groups -OCH3 is 1. The second kappa shape index (κ2) is 9.60. The van der Waals surface area contributed by atoms with Crippen molar-refractivity contribution >= 4 is 46.7 Å². The molecule has 2 aliphatic rings. The highest BCUT2D eigenvalue weighted by molar-refractivity contribution is 6.42. The van der Waals surface area contributed by atoms with Gasteiger partial charge in [-0.1, -0.05) is 34.9 Å². The molecule has 1 aliphatic carbocycles. The minimum atomic E-state index is -0.703. The molecule has 0 saturated carbocycles. The summed E-state index contributed by atoms with van der Waals surface area (Å²) in [5.41, 5.74) is 1.42. The van der Waals surface area contributed by atoms with E-state index in [4.69, 9.17) is 27.9 Å². The average Bonchev–Trinajstić information content (AvgIpc) is 3.07. The number of fused-ring (bicyclic) bond motifs is 1. The highest BCUT2D eigenvalue weighted by atomic mass is 35.5. The molecule has 0 aromatic heterocycles. The molecule has 7 nitrogen and oxygen atoms in total. The van der Waals surface area contributed by atoms with Gasteiger partial charge in [-0.15, -0.1) is 0 Å². The largest absolute Gasteiger partial charge is 0.497 e. The van der Waals surface area contributed by atoms with Crippen molar-refractivity contribution in [3.63, 3.8) is 0 Å². The van der Waals surface area contributed by atoms with Crippen LogP contribution in [0.2, 0.25) is 10.0 Å². The Morgan fingerprint density at radius 1 is 1.00 bits per heavy atom. The van der Waals surface area contributed by atoms with Crippen molar-refractivity contribution < 1.29 is 23.9 Å². The number of carbonyl (C=O) groups is 4. The molecule has 0 radical (unpaired) electrons. The van der Waals surface area contributed by atoms with Crippen LogP contribution in [0.1, 0.15) is 40.5 Å². The summed E-state index contributed by atoms with van der Waals surface area (Å²) in [4.78, 5) is 53.2. The Morgan fingerprint density at radius 3 is 2.29 bits per heavy atom. The second-order valence-electron chi connectivity index (χ2n) is 8.33. The van der Waals surface area contributed by atoms with Crippen LogP contribution in [-0.2, 0) is 9.59 Å². The maximum absolute atomic E-state index is 13.5. The summed E-state index contributed by atoms with van der Waals surface area (Å²) in [6.45, 7) is 1.40. The average molecular weight is 501 g/mol. The van der Waals surface area contributed by atoms with E-state index in [0.29, 0.717) is 24.2 Å². The third-order valence-corrected chi connectivity index (χ3v) is 6.89. The Kier molecular flexibility index (Phi) is 6.77. The lowest BCUT2D eigenvalue weighted by atomic mass is 9.82. The van der Waals surface area contributed by atoms with Gasteiger partial charge in [-0.3, -0.25) is 19.2 Å². The topological polar surface area (TPSA) is 84.0 Å². The van der Waals surface area contributed by atoms with Crippen LogP contribution in [0.4, 0.5) is 0 Å². The number of ketones is 1. The van der Waals surface area contributed by atoms with Gasteiger partial charge in [-0.25, -0.2) is 5.01 Å². The molecular formula is C25H22Cl2N2O5. The lowest BCUT2D eigenvalue weighted by Gasteiger charge is -2.30. The Balaban J connectivity index is 1.69. The number of nitrogens with zero attached hydrogens (tertiary/aromatic N) is 2. The Hall–Kier alpha value is -3.16. The molecular weight excluding hydrogens is 479 g/mol. The number of hydrogen-bond acceptors (Lipinski definition) is 5. The van der Waals surface area contributed by atoms with E-state index in [9.17, 15) is 19.2 Å². The summed E-state index contributed by atoms with van der Waals surface area (Å²) in [6, 6.07) is 10.6. The highest BCUT2D eigenvalue weighted by Crippen LogP contribution is 2.38. The molecule has 2 atom stereocenters. The summed E-state index contributed by atoms with van der Waals surface area (Å²) >= 11 is 12.1.